The van der Waals surface area contributed by atoms with E-state index >= 15 is 0 Å². The number of carbonyl (C=O) groups is 1. The molecule has 0 fully saturated rings. The van der Waals surface area contributed by atoms with Gasteiger partial charge in [-0.15, -0.1) is 5.10 Å². The summed E-state index contributed by atoms with van der Waals surface area (Å²) in [5, 5.41) is 11.3. The molecule has 8 heteroatoms. The van der Waals surface area contributed by atoms with E-state index < -0.39 is 5.91 Å². The Kier molecular flexibility index (Phi) is 4.85. The Morgan fingerprint density at radius 2 is 1.96 bits per heavy atom. The average Bonchev–Trinajstić information content (AvgIpc) is 3.02. The number of para-hydroxylation sites is 2. The highest BCUT2D eigenvalue weighted by atomic mass is 35.5. The normalized spacial score (nSPS) is 10.5. The summed E-state index contributed by atoms with van der Waals surface area (Å²) in [7, 11) is 1.55. The second-order valence-electron chi connectivity index (χ2n) is 5.22. The fourth-order valence-electron chi connectivity index (χ4n) is 2.30. The largest absolute Gasteiger partial charge is 0.494 e. The van der Waals surface area contributed by atoms with Gasteiger partial charge in [0.2, 0.25) is 0 Å². The lowest BCUT2D eigenvalue weighted by Crippen LogP contribution is -2.24. The molecule has 1 heterocycles. The number of methoxy groups -OCH3 is 1. The first-order valence-corrected chi connectivity index (χ1v) is 7.85. The number of rotatable bonds is 5. The van der Waals surface area contributed by atoms with Crippen molar-refractivity contribution in [3.05, 3.63) is 64.8 Å². The second kappa shape index (κ2) is 7.23. The number of ether oxygens (including phenoxy) is 1. The molecule has 3 aromatic rings. The first-order chi connectivity index (χ1) is 12.1. The van der Waals surface area contributed by atoms with Gasteiger partial charge in [0.05, 0.1) is 7.11 Å². The Labute approximate surface area is 149 Å². The summed E-state index contributed by atoms with van der Waals surface area (Å²) >= 11 is 5.84. The average molecular weight is 358 g/mol. The third-order valence-corrected chi connectivity index (χ3v) is 3.85. The zero-order valence-electron chi connectivity index (χ0n) is 13.4. The van der Waals surface area contributed by atoms with Crippen LogP contribution in [0.5, 0.6) is 5.75 Å². The predicted molar refractivity (Wildman–Crippen MR) is 94.9 cm³/mol. The summed E-state index contributed by atoms with van der Waals surface area (Å²) in [6, 6.07) is 14.4. The van der Waals surface area contributed by atoms with Gasteiger partial charge in [-0.2, -0.15) is 4.68 Å². The van der Waals surface area contributed by atoms with E-state index in [9.17, 15) is 4.79 Å². The first-order valence-electron chi connectivity index (χ1n) is 7.47. The molecule has 0 aliphatic carbocycles. The molecule has 0 radical (unpaired) electrons. The van der Waals surface area contributed by atoms with Crippen molar-refractivity contribution >= 4 is 23.3 Å². The highest BCUT2D eigenvalue weighted by Gasteiger charge is 2.19. The molecule has 1 amide bonds. The van der Waals surface area contributed by atoms with Crippen LogP contribution in [0.25, 0.3) is 5.69 Å². The summed E-state index contributed by atoms with van der Waals surface area (Å²) in [4.78, 5) is 12.3. The SMILES string of the molecule is COc1ccccc1-n1nnc(C(=O)NCc2ccc(Cl)cc2)c1N. The molecule has 3 N–H and O–H groups in total. The Bertz CT molecular complexity index is 892. The first kappa shape index (κ1) is 16.8. The van der Waals surface area contributed by atoms with Crippen molar-refractivity contribution in [2.45, 2.75) is 6.54 Å². The van der Waals surface area contributed by atoms with Crippen LogP contribution in [0.3, 0.4) is 0 Å². The van der Waals surface area contributed by atoms with E-state index in [0.717, 1.165) is 5.56 Å². The molecule has 7 nitrogen and oxygen atoms in total. The molecule has 128 valence electrons. The lowest BCUT2D eigenvalue weighted by Gasteiger charge is -2.08. The number of nitrogens with one attached hydrogen (secondary N) is 1. The van der Waals surface area contributed by atoms with Crippen molar-refractivity contribution in [1.82, 2.24) is 20.3 Å². The van der Waals surface area contributed by atoms with Crippen LogP contribution in [0, 0.1) is 0 Å². The van der Waals surface area contributed by atoms with E-state index in [-0.39, 0.29) is 11.5 Å². The van der Waals surface area contributed by atoms with Crippen molar-refractivity contribution in [2.75, 3.05) is 12.8 Å². The molecule has 0 atom stereocenters. The van der Waals surface area contributed by atoms with Crippen LogP contribution in [0.2, 0.25) is 5.02 Å². The highest BCUT2D eigenvalue weighted by Crippen LogP contribution is 2.24. The number of amides is 1. The molecule has 3 rings (SSSR count). The van der Waals surface area contributed by atoms with E-state index in [1.807, 2.05) is 24.3 Å². The van der Waals surface area contributed by atoms with E-state index in [2.05, 4.69) is 15.6 Å². The molecule has 1 aromatic heterocycles. The van der Waals surface area contributed by atoms with Gasteiger partial charge >= 0.3 is 0 Å². The van der Waals surface area contributed by atoms with Crippen molar-refractivity contribution in [1.29, 1.82) is 0 Å². The van der Waals surface area contributed by atoms with E-state index in [1.54, 1.807) is 31.4 Å². The number of anilines is 1. The van der Waals surface area contributed by atoms with Gasteiger partial charge in [-0.3, -0.25) is 4.79 Å². The van der Waals surface area contributed by atoms with E-state index in [1.165, 1.54) is 4.68 Å². The summed E-state index contributed by atoms with van der Waals surface area (Å²) in [5.41, 5.74) is 7.62. The molecule has 0 aliphatic rings. The molecular formula is C17H16ClN5O2. The third kappa shape index (κ3) is 3.56. The van der Waals surface area contributed by atoms with E-state index in [0.29, 0.717) is 23.0 Å². The number of hydrogen-bond donors (Lipinski definition) is 2. The van der Waals surface area contributed by atoms with E-state index in [4.69, 9.17) is 22.1 Å². The highest BCUT2D eigenvalue weighted by molar-refractivity contribution is 6.30. The van der Waals surface area contributed by atoms with Crippen LogP contribution < -0.4 is 15.8 Å². The van der Waals surface area contributed by atoms with Gasteiger partial charge in [0.25, 0.3) is 5.91 Å². The van der Waals surface area contributed by atoms with Gasteiger partial charge in [-0.1, -0.05) is 41.1 Å². The van der Waals surface area contributed by atoms with Crippen LogP contribution in [0.1, 0.15) is 16.1 Å². The summed E-state index contributed by atoms with van der Waals surface area (Å²) in [5.74, 6) is 0.305. The van der Waals surface area contributed by atoms with Gasteiger partial charge in [0.1, 0.15) is 11.4 Å². The topological polar surface area (TPSA) is 95.1 Å². The van der Waals surface area contributed by atoms with Crippen LogP contribution in [-0.2, 0) is 6.54 Å². The number of nitrogens with zero attached hydrogens (tertiary/aromatic N) is 3. The lowest BCUT2D eigenvalue weighted by atomic mass is 10.2. The summed E-state index contributed by atoms with van der Waals surface area (Å²) in [6.45, 7) is 0.330. The number of hydrogen-bond acceptors (Lipinski definition) is 5. The summed E-state index contributed by atoms with van der Waals surface area (Å²) < 4.78 is 6.66. The Hall–Kier alpha value is -3.06. The minimum atomic E-state index is -0.409. The number of benzene rings is 2. The zero-order chi connectivity index (χ0) is 17.8. The predicted octanol–water partition coefficient (Wildman–Crippen LogP) is 2.44. The number of aromatic nitrogens is 3. The Balaban J connectivity index is 1.78. The van der Waals surface area contributed by atoms with Crippen molar-refractivity contribution in [2.24, 2.45) is 0 Å². The van der Waals surface area contributed by atoms with Crippen molar-refractivity contribution in [3.63, 3.8) is 0 Å². The fraction of sp³-hybridized carbons (Fsp3) is 0.118. The maximum Gasteiger partial charge on any atom is 0.275 e. The van der Waals surface area contributed by atoms with Gasteiger partial charge in [0, 0.05) is 11.6 Å². The zero-order valence-corrected chi connectivity index (χ0v) is 14.2. The minimum Gasteiger partial charge on any atom is -0.494 e. The van der Waals surface area contributed by atoms with Crippen molar-refractivity contribution < 1.29 is 9.53 Å². The van der Waals surface area contributed by atoms with Crippen LogP contribution >= 0.6 is 11.6 Å². The van der Waals surface area contributed by atoms with Crippen LogP contribution in [0.15, 0.2) is 48.5 Å². The van der Waals surface area contributed by atoms with Gasteiger partial charge in [0.15, 0.2) is 11.5 Å². The monoisotopic (exact) mass is 357 g/mol. The fourth-order valence-corrected chi connectivity index (χ4v) is 2.43. The summed E-state index contributed by atoms with van der Waals surface area (Å²) in [6.07, 6.45) is 0. The second-order valence-corrected chi connectivity index (χ2v) is 5.65. The maximum atomic E-state index is 12.3. The molecule has 0 unspecified atom stereocenters. The molecule has 2 aromatic carbocycles. The number of nitrogen functional groups attached to an aromatic ring is 1. The number of carbonyl (C=O) groups excluding carboxylic acids is 1. The van der Waals surface area contributed by atoms with Gasteiger partial charge in [-0.05, 0) is 29.8 Å². The standard InChI is InChI=1S/C17H16ClN5O2/c1-25-14-5-3-2-4-13(14)23-16(19)15(21-22-23)17(24)20-10-11-6-8-12(18)9-7-11/h2-9H,10,19H2,1H3,(H,20,24). The van der Waals surface area contributed by atoms with Gasteiger partial charge < -0.3 is 15.8 Å². The molecule has 0 aliphatic heterocycles. The molecule has 0 saturated carbocycles. The smallest absolute Gasteiger partial charge is 0.275 e. The molecule has 0 saturated heterocycles. The Morgan fingerprint density at radius 1 is 1.24 bits per heavy atom. The molecule has 0 bridgehead atoms. The number of nitrogens with two attached hydrogens (primary N) is 1. The minimum absolute atomic E-state index is 0.0554. The third-order valence-electron chi connectivity index (χ3n) is 3.60. The quantitative estimate of drug-likeness (QED) is 0.731. The number of halogens is 1. The van der Waals surface area contributed by atoms with Crippen LogP contribution in [0.4, 0.5) is 5.82 Å². The molecule has 25 heavy (non-hydrogen) atoms. The lowest BCUT2D eigenvalue weighted by molar-refractivity contribution is 0.0947. The van der Waals surface area contributed by atoms with Crippen molar-refractivity contribution in [3.8, 4) is 11.4 Å². The Morgan fingerprint density at radius 3 is 2.68 bits per heavy atom. The molecule has 0 spiro atoms. The maximum absolute atomic E-state index is 12.3. The van der Waals surface area contributed by atoms with Gasteiger partial charge in [-0.25, -0.2) is 0 Å². The molecular weight excluding hydrogens is 342 g/mol. The van der Waals surface area contributed by atoms with Crippen LogP contribution in [-0.4, -0.2) is 28.0 Å².